The highest BCUT2D eigenvalue weighted by Crippen LogP contribution is 2.71. The number of ketones is 1. The van der Waals surface area contributed by atoms with Gasteiger partial charge in [0, 0.05) is 17.3 Å². The van der Waals surface area contributed by atoms with E-state index < -0.39 is 38.2 Å². The van der Waals surface area contributed by atoms with Gasteiger partial charge in [-0.3, -0.25) is 9.59 Å². The van der Waals surface area contributed by atoms with Crippen LogP contribution in [0.25, 0.3) is 0 Å². The number of alkyl halides is 2. The lowest BCUT2D eigenvalue weighted by molar-refractivity contribution is -0.166. The number of esters is 1. The average molecular weight is 504 g/mol. The maximum Gasteiger partial charge on any atom is 0.305 e. The van der Waals surface area contributed by atoms with Gasteiger partial charge in [0.25, 0.3) is 0 Å². The van der Waals surface area contributed by atoms with Crippen LogP contribution >= 0.6 is 27.5 Å². The number of aliphatic hydroxyl groups is 1. The van der Waals surface area contributed by atoms with Crippen LogP contribution in [0.2, 0.25) is 0 Å². The molecule has 166 valence electrons. The van der Waals surface area contributed by atoms with Gasteiger partial charge in [-0.15, -0.1) is 11.6 Å². The van der Waals surface area contributed by atoms with E-state index in [0.29, 0.717) is 19.3 Å². The SMILES string of the molecule is CCC(=O)O[C@@H]1[C@H](C)C[C@H]2[C@@H]3C[C@H](Cl)C4=C(F)C(=O)C=C[C@]4(C)[C@@]3(Br)[C@@H](O)C[C@]12C. The number of hydrogen-bond acceptors (Lipinski definition) is 4. The van der Waals surface area contributed by atoms with Crippen molar-refractivity contribution in [2.24, 2.45) is 28.6 Å². The number of rotatable bonds is 2. The fourth-order valence-corrected chi connectivity index (χ4v) is 8.63. The van der Waals surface area contributed by atoms with E-state index in [0.717, 1.165) is 6.42 Å². The summed E-state index contributed by atoms with van der Waals surface area (Å²) in [6.07, 6.45) is 3.89. The first-order chi connectivity index (χ1) is 13.9. The van der Waals surface area contributed by atoms with E-state index in [-0.39, 0.29) is 35.4 Å². The normalized spacial score (nSPS) is 50.1. The molecule has 0 aromatic heterocycles. The zero-order valence-corrected chi connectivity index (χ0v) is 20.1. The van der Waals surface area contributed by atoms with Crippen molar-refractivity contribution in [3.63, 3.8) is 0 Å². The fraction of sp³-hybridized carbons (Fsp3) is 0.739. The molecule has 3 fully saturated rings. The molecule has 4 rings (SSSR count). The van der Waals surface area contributed by atoms with Crippen LogP contribution in [-0.4, -0.2) is 38.8 Å². The van der Waals surface area contributed by atoms with Crippen molar-refractivity contribution < 1.29 is 23.8 Å². The van der Waals surface area contributed by atoms with Gasteiger partial charge in [0.2, 0.25) is 5.78 Å². The molecule has 9 atom stereocenters. The Hall–Kier alpha value is -0.720. The summed E-state index contributed by atoms with van der Waals surface area (Å²) in [5, 5.41) is 10.9. The van der Waals surface area contributed by atoms with Gasteiger partial charge in [0.05, 0.1) is 15.8 Å². The van der Waals surface area contributed by atoms with Gasteiger partial charge in [0.15, 0.2) is 5.83 Å². The van der Waals surface area contributed by atoms with Crippen LogP contribution in [0.15, 0.2) is 23.6 Å². The summed E-state index contributed by atoms with van der Waals surface area (Å²) in [5.74, 6) is -1.48. The van der Waals surface area contributed by atoms with Crippen molar-refractivity contribution in [2.75, 3.05) is 0 Å². The maximum atomic E-state index is 14.9. The van der Waals surface area contributed by atoms with Crippen molar-refractivity contribution in [3.05, 3.63) is 23.6 Å². The summed E-state index contributed by atoms with van der Waals surface area (Å²) < 4.78 is 20.0. The minimum atomic E-state index is -0.928. The minimum absolute atomic E-state index is 0.0686. The summed E-state index contributed by atoms with van der Waals surface area (Å²) in [7, 11) is 0. The number of hydrogen-bond donors (Lipinski definition) is 1. The van der Waals surface area contributed by atoms with Gasteiger partial charge in [0.1, 0.15) is 6.10 Å². The fourth-order valence-electron chi connectivity index (χ4n) is 7.10. The Balaban J connectivity index is 1.81. The van der Waals surface area contributed by atoms with Gasteiger partial charge in [-0.05, 0) is 48.7 Å². The molecular formula is C23H29BrClFO4. The molecule has 4 nitrogen and oxygen atoms in total. The standard InChI is InChI=1S/C23H29BrClFO4/c1-5-17(29)30-20-11(2)8-12-13-9-14(25)18-19(26)15(27)6-7-22(18,4)23(13,24)16(28)10-21(12,20)3/h6-7,11-14,16,20,28H,5,8-10H2,1-4H3/t11-,12+,13+,14+,16+,20-,21+,22+,23+/m1/s1. The lowest BCUT2D eigenvalue weighted by atomic mass is 9.47. The van der Waals surface area contributed by atoms with E-state index in [1.807, 2.05) is 6.92 Å². The Kier molecular flexibility index (Phi) is 5.35. The first-order valence-electron chi connectivity index (χ1n) is 10.8. The van der Waals surface area contributed by atoms with Crippen molar-refractivity contribution in [2.45, 2.75) is 75.3 Å². The number of aliphatic hydroxyl groups excluding tert-OH is 1. The van der Waals surface area contributed by atoms with Gasteiger partial charge in [-0.1, -0.05) is 49.7 Å². The molecule has 0 saturated heterocycles. The molecular weight excluding hydrogens is 475 g/mol. The highest BCUT2D eigenvalue weighted by Gasteiger charge is 2.71. The predicted octanol–water partition coefficient (Wildman–Crippen LogP) is 4.86. The van der Waals surface area contributed by atoms with Crippen LogP contribution in [0.5, 0.6) is 0 Å². The van der Waals surface area contributed by atoms with Crippen molar-refractivity contribution in [1.82, 2.24) is 0 Å². The maximum absolute atomic E-state index is 14.9. The molecule has 0 bridgehead atoms. The molecule has 0 aliphatic heterocycles. The number of halogens is 3. The van der Waals surface area contributed by atoms with Crippen LogP contribution in [-0.2, 0) is 14.3 Å². The Morgan fingerprint density at radius 3 is 2.67 bits per heavy atom. The Morgan fingerprint density at radius 1 is 1.37 bits per heavy atom. The van der Waals surface area contributed by atoms with Crippen molar-refractivity contribution in [3.8, 4) is 0 Å². The van der Waals surface area contributed by atoms with Crippen LogP contribution in [0.1, 0.15) is 53.4 Å². The monoisotopic (exact) mass is 502 g/mol. The van der Waals surface area contributed by atoms with Crippen molar-refractivity contribution >= 4 is 39.3 Å². The van der Waals surface area contributed by atoms with Gasteiger partial charge in [-0.25, -0.2) is 4.39 Å². The third kappa shape index (κ3) is 2.72. The summed E-state index contributed by atoms with van der Waals surface area (Å²) in [4.78, 5) is 24.1. The summed E-state index contributed by atoms with van der Waals surface area (Å²) in [5.41, 5.74) is -1.05. The molecule has 1 N–H and O–H groups in total. The second-order valence-corrected chi connectivity index (χ2v) is 11.9. The lowest BCUT2D eigenvalue weighted by Crippen LogP contribution is -2.67. The molecule has 0 aromatic rings. The Morgan fingerprint density at radius 2 is 2.03 bits per heavy atom. The number of carbonyl (C=O) groups excluding carboxylic acids is 2. The summed E-state index contributed by atoms with van der Waals surface area (Å²) in [6.45, 7) is 7.83. The van der Waals surface area contributed by atoms with Gasteiger partial charge >= 0.3 is 5.97 Å². The third-order valence-corrected chi connectivity index (χ3v) is 10.8. The van der Waals surface area contributed by atoms with E-state index in [9.17, 15) is 19.1 Å². The average Bonchev–Trinajstić information content (AvgIpc) is 2.92. The van der Waals surface area contributed by atoms with Crippen LogP contribution in [0.4, 0.5) is 4.39 Å². The zero-order valence-electron chi connectivity index (χ0n) is 17.8. The molecule has 0 spiro atoms. The number of carbonyl (C=O) groups is 2. The van der Waals surface area contributed by atoms with Crippen LogP contribution in [0.3, 0.4) is 0 Å². The second kappa shape index (κ2) is 7.14. The van der Waals surface area contributed by atoms with E-state index in [2.05, 4.69) is 29.8 Å². The molecule has 0 amide bonds. The second-order valence-electron chi connectivity index (χ2n) is 10.0. The van der Waals surface area contributed by atoms with Crippen LogP contribution < -0.4 is 0 Å². The lowest BCUT2D eigenvalue weighted by Gasteiger charge is -2.64. The van der Waals surface area contributed by atoms with Crippen molar-refractivity contribution in [1.29, 1.82) is 0 Å². The largest absolute Gasteiger partial charge is 0.461 e. The van der Waals surface area contributed by atoms with Gasteiger partial charge in [-0.2, -0.15) is 0 Å². The number of ether oxygens (including phenoxy) is 1. The highest BCUT2D eigenvalue weighted by molar-refractivity contribution is 9.10. The molecule has 3 saturated carbocycles. The topological polar surface area (TPSA) is 63.6 Å². The van der Waals surface area contributed by atoms with Gasteiger partial charge < -0.3 is 9.84 Å². The van der Waals surface area contributed by atoms with E-state index >= 15 is 0 Å². The first kappa shape index (κ1) is 22.5. The Bertz CT molecular complexity index is 858. The first-order valence-corrected chi connectivity index (χ1v) is 12.0. The molecule has 0 heterocycles. The molecule has 7 heteroatoms. The van der Waals surface area contributed by atoms with E-state index in [1.165, 1.54) is 6.08 Å². The molecule has 0 aromatic carbocycles. The number of allylic oxidation sites excluding steroid dienone is 4. The number of fused-ring (bicyclic) bond motifs is 5. The molecule has 4 aliphatic carbocycles. The van der Waals surface area contributed by atoms with E-state index in [1.54, 1.807) is 13.0 Å². The minimum Gasteiger partial charge on any atom is -0.461 e. The third-order valence-electron chi connectivity index (χ3n) is 8.48. The Labute approximate surface area is 190 Å². The highest BCUT2D eigenvalue weighted by atomic mass is 79.9. The summed E-state index contributed by atoms with van der Waals surface area (Å²) >= 11 is 10.6. The predicted molar refractivity (Wildman–Crippen MR) is 116 cm³/mol. The van der Waals surface area contributed by atoms with E-state index in [4.69, 9.17) is 16.3 Å². The quantitative estimate of drug-likeness (QED) is 0.432. The molecule has 30 heavy (non-hydrogen) atoms. The molecule has 4 aliphatic rings. The molecule has 0 radical (unpaired) electrons. The smallest absolute Gasteiger partial charge is 0.305 e. The van der Waals surface area contributed by atoms with Crippen LogP contribution in [0, 0.1) is 28.6 Å². The molecule has 0 unspecified atom stereocenters. The zero-order chi connectivity index (χ0) is 22.2. The summed E-state index contributed by atoms with van der Waals surface area (Å²) in [6, 6.07) is 0.